The summed E-state index contributed by atoms with van der Waals surface area (Å²) >= 11 is 0. The zero-order valence-corrected chi connectivity index (χ0v) is 29.1. The number of hydrogen-bond donors (Lipinski definition) is 2. The van der Waals surface area contributed by atoms with Crippen LogP contribution in [0.1, 0.15) is 35.7 Å². The molecular weight excluding hydrogens is 664 g/mol. The Bertz CT molecular complexity index is 1880. The van der Waals surface area contributed by atoms with Gasteiger partial charge in [-0.2, -0.15) is 8.42 Å². The highest BCUT2D eigenvalue weighted by molar-refractivity contribution is 7.92. The van der Waals surface area contributed by atoms with Crippen molar-refractivity contribution in [3.8, 4) is 23.0 Å². The minimum atomic E-state index is -4.29. The summed E-state index contributed by atoms with van der Waals surface area (Å²) in [6, 6.07) is 17.8. The fourth-order valence-corrected chi connectivity index (χ4v) is 5.96. The summed E-state index contributed by atoms with van der Waals surface area (Å²) in [6.45, 7) is 5.92. The third kappa shape index (κ3) is 9.18. The second-order valence-corrected chi connectivity index (χ2v) is 13.3. The Morgan fingerprint density at radius 1 is 0.900 bits per heavy atom. The van der Waals surface area contributed by atoms with Crippen molar-refractivity contribution in [1.82, 2.24) is 19.8 Å². The lowest BCUT2D eigenvalue weighted by molar-refractivity contribution is 0.0663. The highest BCUT2D eigenvalue weighted by atomic mass is 32.2. The van der Waals surface area contributed by atoms with E-state index in [9.17, 15) is 18.0 Å². The minimum Gasteiger partial charge on any atom is -0.493 e. The predicted octanol–water partition coefficient (Wildman–Crippen LogP) is 5.22. The topological polar surface area (TPSA) is 162 Å². The van der Waals surface area contributed by atoms with Crippen molar-refractivity contribution in [3.05, 3.63) is 90.3 Å². The van der Waals surface area contributed by atoms with Crippen LogP contribution in [0.25, 0.3) is 0 Å². The normalized spacial score (nSPS) is 13.4. The van der Waals surface area contributed by atoms with Crippen LogP contribution in [0.5, 0.6) is 23.0 Å². The summed E-state index contributed by atoms with van der Waals surface area (Å²) in [6.07, 6.45) is 2.29. The first-order chi connectivity index (χ1) is 24.0. The number of nitrogens with one attached hydrogen (secondary N) is 2. The van der Waals surface area contributed by atoms with Gasteiger partial charge in [0.25, 0.3) is 15.9 Å². The number of para-hydroxylation sites is 2. The maximum atomic E-state index is 13.8. The molecule has 2 aromatic heterocycles. The molecule has 3 heterocycles. The number of aromatic nitrogens is 2. The van der Waals surface area contributed by atoms with E-state index >= 15 is 0 Å². The average molecular weight is 705 g/mol. The van der Waals surface area contributed by atoms with Crippen LogP contribution in [-0.2, 0) is 14.8 Å². The van der Waals surface area contributed by atoms with Gasteiger partial charge in [0, 0.05) is 44.1 Å². The number of methoxy groups -OCH3 is 1. The maximum absolute atomic E-state index is 13.8. The third-order valence-corrected chi connectivity index (χ3v) is 9.07. The molecule has 14 nitrogen and oxygen atoms in total. The fraction of sp³-hybridized carbons (Fsp3) is 0.314. The molecule has 0 radical (unpaired) electrons. The molecule has 2 amide bonds. The number of ether oxygens (including phenoxy) is 4. The molecule has 0 saturated carbocycles. The number of amides is 2. The van der Waals surface area contributed by atoms with Gasteiger partial charge >= 0.3 is 6.09 Å². The first kappa shape index (κ1) is 35.9. The van der Waals surface area contributed by atoms with E-state index in [2.05, 4.69) is 24.9 Å². The summed E-state index contributed by atoms with van der Waals surface area (Å²) in [5, 5.41) is 2.29. The van der Waals surface area contributed by atoms with Gasteiger partial charge in [0.05, 0.1) is 12.8 Å². The van der Waals surface area contributed by atoms with Gasteiger partial charge in [0.2, 0.25) is 0 Å². The molecule has 0 unspecified atom stereocenters. The van der Waals surface area contributed by atoms with Crippen molar-refractivity contribution in [2.45, 2.75) is 24.8 Å². The molecule has 5 rings (SSSR count). The quantitative estimate of drug-likeness (QED) is 0.176. The van der Waals surface area contributed by atoms with Crippen LogP contribution < -0.4 is 24.2 Å². The van der Waals surface area contributed by atoms with Crippen LogP contribution in [0.2, 0.25) is 0 Å². The molecule has 0 bridgehead atoms. The molecule has 1 aliphatic heterocycles. The molecule has 264 valence electrons. The van der Waals surface area contributed by atoms with E-state index in [1.54, 1.807) is 53.4 Å². The van der Waals surface area contributed by atoms with E-state index in [0.29, 0.717) is 37.7 Å². The zero-order valence-electron chi connectivity index (χ0n) is 28.3. The molecule has 50 heavy (non-hydrogen) atoms. The molecule has 4 aromatic rings. The first-order valence-electron chi connectivity index (χ1n) is 16.0. The molecule has 2 aromatic carbocycles. The number of benzene rings is 2. The van der Waals surface area contributed by atoms with Crippen molar-refractivity contribution in [3.63, 3.8) is 0 Å². The fourth-order valence-electron chi connectivity index (χ4n) is 4.97. The molecule has 0 spiro atoms. The SMILES string of the molecule is COc1ccccc1Oc1c(NS(=O)(=O)c2ccc(C(C)C)cn2)cc(C(=O)N2CCN(C)CC2)cc1OCCOC(=O)Nc1ccccn1. The predicted molar refractivity (Wildman–Crippen MR) is 187 cm³/mol. The van der Waals surface area contributed by atoms with Gasteiger partial charge in [-0.05, 0) is 61.0 Å². The summed E-state index contributed by atoms with van der Waals surface area (Å²) in [5.74, 6) is 0.725. The maximum Gasteiger partial charge on any atom is 0.412 e. The van der Waals surface area contributed by atoms with Gasteiger partial charge in [-0.15, -0.1) is 0 Å². The van der Waals surface area contributed by atoms with Gasteiger partial charge in [0.1, 0.15) is 19.0 Å². The Balaban J connectivity index is 1.50. The minimum absolute atomic E-state index is 0.0189. The van der Waals surface area contributed by atoms with E-state index < -0.39 is 16.1 Å². The summed E-state index contributed by atoms with van der Waals surface area (Å²) < 4.78 is 53.2. The van der Waals surface area contributed by atoms with Crippen LogP contribution in [0, 0.1) is 0 Å². The van der Waals surface area contributed by atoms with Crippen molar-refractivity contribution < 1.29 is 37.0 Å². The molecule has 0 atom stereocenters. The number of likely N-dealkylation sites (N-methyl/N-ethyl adjacent to an activating group) is 1. The van der Waals surface area contributed by atoms with E-state index in [0.717, 1.165) is 5.56 Å². The van der Waals surface area contributed by atoms with Gasteiger partial charge < -0.3 is 28.7 Å². The van der Waals surface area contributed by atoms with Crippen LogP contribution in [-0.4, -0.2) is 93.7 Å². The number of carbonyl (C=O) groups excluding carboxylic acids is 2. The summed E-state index contributed by atoms with van der Waals surface area (Å²) in [4.78, 5) is 38.2. The number of piperazine rings is 1. The van der Waals surface area contributed by atoms with Crippen LogP contribution in [0.15, 0.2) is 84.1 Å². The number of nitrogens with zero attached hydrogens (tertiary/aromatic N) is 4. The largest absolute Gasteiger partial charge is 0.493 e. The number of anilines is 2. The molecule has 1 aliphatic rings. The van der Waals surface area contributed by atoms with Gasteiger partial charge in [-0.1, -0.05) is 38.1 Å². The lowest BCUT2D eigenvalue weighted by Crippen LogP contribution is -2.47. The molecular formula is C35H40N6O8S. The average Bonchev–Trinajstić information content (AvgIpc) is 3.11. The number of rotatable bonds is 13. The smallest absolute Gasteiger partial charge is 0.412 e. The summed E-state index contributed by atoms with van der Waals surface area (Å²) in [5.41, 5.74) is 0.955. The highest BCUT2D eigenvalue weighted by Crippen LogP contribution is 2.43. The lowest BCUT2D eigenvalue weighted by Gasteiger charge is -2.32. The Kier molecular flexibility index (Phi) is 11.7. The van der Waals surface area contributed by atoms with Gasteiger partial charge in [-0.25, -0.2) is 14.8 Å². The zero-order chi connectivity index (χ0) is 35.7. The monoisotopic (exact) mass is 704 g/mol. The van der Waals surface area contributed by atoms with Crippen LogP contribution in [0.4, 0.5) is 16.3 Å². The molecule has 2 N–H and O–H groups in total. The van der Waals surface area contributed by atoms with E-state index in [4.69, 9.17) is 18.9 Å². The Labute approximate surface area is 291 Å². The van der Waals surface area contributed by atoms with Crippen molar-refractivity contribution in [1.29, 1.82) is 0 Å². The second-order valence-electron chi connectivity index (χ2n) is 11.7. The van der Waals surface area contributed by atoms with E-state index in [-0.39, 0.29) is 58.6 Å². The highest BCUT2D eigenvalue weighted by Gasteiger charge is 2.27. The molecule has 15 heteroatoms. The lowest BCUT2D eigenvalue weighted by atomic mass is 10.1. The number of hydrogen-bond acceptors (Lipinski definition) is 11. The van der Waals surface area contributed by atoms with Gasteiger partial charge in [0.15, 0.2) is 28.0 Å². The van der Waals surface area contributed by atoms with Crippen LogP contribution >= 0.6 is 0 Å². The Morgan fingerprint density at radius 2 is 1.64 bits per heavy atom. The van der Waals surface area contributed by atoms with Crippen molar-refractivity contribution >= 4 is 33.5 Å². The summed E-state index contributed by atoms with van der Waals surface area (Å²) in [7, 11) is -0.836. The number of pyridine rings is 2. The third-order valence-electron chi connectivity index (χ3n) is 7.79. The molecule has 1 fully saturated rings. The van der Waals surface area contributed by atoms with E-state index in [1.807, 2.05) is 20.9 Å². The van der Waals surface area contributed by atoms with Crippen LogP contribution in [0.3, 0.4) is 0 Å². The number of carbonyl (C=O) groups is 2. The van der Waals surface area contributed by atoms with Crippen molar-refractivity contribution in [2.75, 3.05) is 63.6 Å². The Hall–Kier alpha value is -5.41. The van der Waals surface area contributed by atoms with E-state index in [1.165, 1.54) is 37.7 Å². The van der Waals surface area contributed by atoms with Crippen molar-refractivity contribution in [2.24, 2.45) is 0 Å². The second kappa shape index (κ2) is 16.3. The first-order valence-corrected chi connectivity index (χ1v) is 17.5. The van der Waals surface area contributed by atoms with Gasteiger partial charge in [-0.3, -0.25) is 14.8 Å². The molecule has 0 aliphatic carbocycles. The molecule has 1 saturated heterocycles. The number of sulfonamides is 1. The Morgan fingerprint density at radius 3 is 2.30 bits per heavy atom. The standard InChI is InChI=1S/C35H40N6O8S/c1-24(2)25-12-13-32(37-23-25)50(44,45)39-27-21-26(34(42)41-17-15-40(3)16-18-41)22-30(33(27)49-29-10-6-5-9-28(29)46-4)47-19-20-48-35(43)38-31-11-7-8-14-36-31/h5-14,21-24,39H,15-20H2,1-4H3,(H,36,38,43).